The number of nitrogens with two attached hydrogens (primary N) is 1. The van der Waals surface area contributed by atoms with Gasteiger partial charge in [0.2, 0.25) is 0 Å². The van der Waals surface area contributed by atoms with Gasteiger partial charge < -0.3 is 10.5 Å². The fourth-order valence-corrected chi connectivity index (χ4v) is 2.51. The van der Waals surface area contributed by atoms with Crippen LogP contribution in [0.25, 0.3) is 0 Å². The number of rotatable bonds is 7. The molecule has 3 heteroatoms. The molecule has 0 bridgehead atoms. The number of ether oxygens (including phenoxy) is 1. The molecule has 0 aliphatic heterocycles. The van der Waals surface area contributed by atoms with Crippen LogP contribution in [0.1, 0.15) is 30.9 Å². The van der Waals surface area contributed by atoms with E-state index in [0.29, 0.717) is 12.5 Å². The number of benzene rings is 2. The van der Waals surface area contributed by atoms with Crippen LogP contribution in [0.15, 0.2) is 48.5 Å². The molecule has 0 amide bonds. The number of hydrogen-bond donors (Lipinski definition) is 1. The van der Waals surface area contributed by atoms with Crippen LogP contribution in [-0.4, -0.2) is 13.2 Å². The maximum atomic E-state index is 5.96. The molecule has 22 heavy (non-hydrogen) atoms. The highest BCUT2D eigenvalue weighted by Gasteiger charge is 2.11. The van der Waals surface area contributed by atoms with Crippen molar-refractivity contribution < 1.29 is 4.74 Å². The molecule has 0 aliphatic rings. The van der Waals surface area contributed by atoms with Gasteiger partial charge in [0.05, 0.1) is 6.61 Å². The topological polar surface area (TPSA) is 35.2 Å². The lowest BCUT2D eigenvalue weighted by Gasteiger charge is -2.16. The highest BCUT2D eigenvalue weighted by molar-refractivity contribution is 6.30. The molecule has 0 fully saturated rings. The Labute approximate surface area is 138 Å². The van der Waals surface area contributed by atoms with Crippen molar-refractivity contribution in [3.8, 4) is 5.75 Å². The lowest BCUT2D eigenvalue weighted by molar-refractivity contribution is 0.271. The summed E-state index contributed by atoms with van der Waals surface area (Å²) in [4.78, 5) is 0. The van der Waals surface area contributed by atoms with Crippen LogP contribution >= 0.6 is 11.6 Å². The van der Waals surface area contributed by atoms with Crippen LogP contribution in [0.3, 0.4) is 0 Å². The van der Waals surface area contributed by atoms with E-state index in [1.54, 1.807) is 0 Å². The third-order valence-electron chi connectivity index (χ3n) is 3.59. The first-order chi connectivity index (χ1) is 10.6. The van der Waals surface area contributed by atoms with Crippen LogP contribution in [-0.2, 0) is 6.42 Å². The van der Waals surface area contributed by atoms with Crippen molar-refractivity contribution in [3.63, 3.8) is 0 Å². The van der Waals surface area contributed by atoms with Crippen LogP contribution < -0.4 is 10.5 Å². The molecule has 1 atom stereocenters. The predicted molar refractivity (Wildman–Crippen MR) is 93.7 cm³/mol. The lowest BCUT2D eigenvalue weighted by atomic mass is 9.92. The van der Waals surface area contributed by atoms with Gasteiger partial charge in [0.1, 0.15) is 5.75 Å². The normalized spacial score (nSPS) is 12.4. The Hall–Kier alpha value is -1.51. The van der Waals surface area contributed by atoms with Crippen LogP contribution in [0.2, 0.25) is 5.02 Å². The zero-order valence-corrected chi connectivity index (χ0v) is 14.0. The lowest BCUT2D eigenvalue weighted by Crippen LogP contribution is -2.15. The average Bonchev–Trinajstić information content (AvgIpc) is 2.52. The summed E-state index contributed by atoms with van der Waals surface area (Å²) < 4.78 is 5.80. The summed E-state index contributed by atoms with van der Waals surface area (Å²) in [5.41, 5.74) is 8.43. The zero-order chi connectivity index (χ0) is 15.9. The summed E-state index contributed by atoms with van der Waals surface area (Å²) in [5.74, 6) is 1.74. The minimum Gasteiger partial charge on any atom is -0.493 e. The van der Waals surface area contributed by atoms with E-state index in [1.807, 2.05) is 24.3 Å². The summed E-state index contributed by atoms with van der Waals surface area (Å²) in [5, 5.41) is 0.753. The van der Waals surface area contributed by atoms with Gasteiger partial charge in [-0.05, 0) is 54.3 Å². The van der Waals surface area contributed by atoms with Gasteiger partial charge >= 0.3 is 0 Å². The maximum absolute atomic E-state index is 5.96. The molecule has 2 rings (SSSR count). The second-order valence-corrected chi connectivity index (χ2v) is 6.48. The van der Waals surface area contributed by atoms with Crippen molar-refractivity contribution in [1.82, 2.24) is 0 Å². The van der Waals surface area contributed by atoms with E-state index >= 15 is 0 Å². The largest absolute Gasteiger partial charge is 0.493 e. The van der Waals surface area contributed by atoms with E-state index < -0.39 is 0 Å². The van der Waals surface area contributed by atoms with Crippen LogP contribution in [0.5, 0.6) is 5.75 Å². The molecule has 2 N–H and O–H groups in total. The minimum absolute atomic E-state index is 0.289. The number of halogens is 1. The molecule has 2 aromatic rings. The quantitative estimate of drug-likeness (QED) is 0.806. The van der Waals surface area contributed by atoms with Gasteiger partial charge in [0.15, 0.2) is 0 Å². The highest BCUT2D eigenvalue weighted by Crippen LogP contribution is 2.24. The summed E-state index contributed by atoms with van der Waals surface area (Å²) >= 11 is 5.95. The van der Waals surface area contributed by atoms with E-state index in [-0.39, 0.29) is 5.92 Å². The Morgan fingerprint density at radius 3 is 2.45 bits per heavy atom. The first kappa shape index (κ1) is 16.9. The van der Waals surface area contributed by atoms with Gasteiger partial charge in [-0.3, -0.25) is 0 Å². The second-order valence-electron chi connectivity index (χ2n) is 6.04. The van der Waals surface area contributed by atoms with Crippen molar-refractivity contribution in [2.24, 2.45) is 11.7 Å². The van der Waals surface area contributed by atoms with Gasteiger partial charge in [-0.1, -0.05) is 49.7 Å². The monoisotopic (exact) mass is 317 g/mol. The molecule has 0 aliphatic carbocycles. The first-order valence-corrected chi connectivity index (χ1v) is 8.13. The molecule has 0 saturated carbocycles. The molecule has 0 heterocycles. The maximum Gasteiger partial charge on any atom is 0.119 e. The molecule has 2 aromatic carbocycles. The summed E-state index contributed by atoms with van der Waals surface area (Å²) in [6.45, 7) is 5.64. The van der Waals surface area contributed by atoms with Gasteiger partial charge in [-0.15, -0.1) is 0 Å². The fourth-order valence-electron chi connectivity index (χ4n) is 2.38. The smallest absolute Gasteiger partial charge is 0.119 e. The molecule has 118 valence electrons. The Balaban J connectivity index is 2.07. The van der Waals surface area contributed by atoms with Crippen molar-refractivity contribution in [2.45, 2.75) is 26.2 Å². The Kier molecular flexibility index (Phi) is 6.29. The van der Waals surface area contributed by atoms with Crippen LogP contribution in [0.4, 0.5) is 0 Å². The van der Waals surface area contributed by atoms with Crippen molar-refractivity contribution >= 4 is 11.6 Å². The van der Waals surface area contributed by atoms with E-state index in [1.165, 1.54) is 11.1 Å². The van der Waals surface area contributed by atoms with Gasteiger partial charge in [-0.2, -0.15) is 0 Å². The third kappa shape index (κ3) is 5.04. The van der Waals surface area contributed by atoms with Gasteiger partial charge in [0, 0.05) is 10.9 Å². The van der Waals surface area contributed by atoms with Gasteiger partial charge in [0.25, 0.3) is 0 Å². The summed E-state index contributed by atoms with van der Waals surface area (Å²) in [7, 11) is 0. The average molecular weight is 318 g/mol. The molecule has 0 spiro atoms. The molecule has 0 aromatic heterocycles. The molecule has 0 radical (unpaired) electrons. The summed E-state index contributed by atoms with van der Waals surface area (Å²) in [6, 6.07) is 16.2. The SMILES string of the molecule is CC(C)COc1cccc(CC(CN)c2ccc(Cl)cc2)c1. The second kappa shape index (κ2) is 8.21. The Morgan fingerprint density at radius 2 is 1.82 bits per heavy atom. The predicted octanol–water partition coefficient (Wildman–Crippen LogP) is 4.66. The summed E-state index contributed by atoms with van der Waals surface area (Å²) in [6.07, 6.45) is 0.900. The highest BCUT2D eigenvalue weighted by atomic mass is 35.5. The zero-order valence-electron chi connectivity index (χ0n) is 13.3. The van der Waals surface area contributed by atoms with E-state index in [9.17, 15) is 0 Å². The molecule has 2 nitrogen and oxygen atoms in total. The number of hydrogen-bond acceptors (Lipinski definition) is 2. The molecule has 1 unspecified atom stereocenters. The van der Waals surface area contributed by atoms with E-state index in [4.69, 9.17) is 22.1 Å². The molecule has 0 saturated heterocycles. The van der Waals surface area contributed by atoms with Crippen molar-refractivity contribution in [2.75, 3.05) is 13.2 Å². The Bertz CT molecular complexity index is 580. The molecular weight excluding hydrogens is 294 g/mol. The van der Waals surface area contributed by atoms with E-state index in [2.05, 4.69) is 38.1 Å². The van der Waals surface area contributed by atoms with Gasteiger partial charge in [-0.25, -0.2) is 0 Å². The van der Waals surface area contributed by atoms with Crippen molar-refractivity contribution in [1.29, 1.82) is 0 Å². The van der Waals surface area contributed by atoms with Crippen LogP contribution in [0, 0.1) is 5.92 Å². The third-order valence-corrected chi connectivity index (χ3v) is 3.84. The van der Waals surface area contributed by atoms with Crippen molar-refractivity contribution in [3.05, 3.63) is 64.7 Å². The fraction of sp³-hybridized carbons (Fsp3) is 0.368. The Morgan fingerprint density at radius 1 is 1.09 bits per heavy atom. The first-order valence-electron chi connectivity index (χ1n) is 7.75. The van der Waals surface area contributed by atoms with E-state index in [0.717, 1.165) is 23.8 Å². The minimum atomic E-state index is 0.289. The molecular formula is C19H24ClNO. The standard InChI is InChI=1S/C19H24ClNO/c1-14(2)13-22-19-5-3-4-15(11-19)10-17(12-21)16-6-8-18(20)9-7-16/h3-9,11,14,17H,10,12-13,21H2,1-2H3.